The quantitative estimate of drug-likeness (QED) is 0.668. The zero-order valence-corrected chi connectivity index (χ0v) is 7.45. The molecule has 3 nitrogen and oxygen atoms in total. The first-order valence-electron chi connectivity index (χ1n) is 4.09. The van der Waals surface area contributed by atoms with E-state index >= 15 is 0 Å². The molecular weight excluding hydrogens is 199 g/mol. The molecule has 0 bridgehead atoms. The van der Waals surface area contributed by atoms with E-state index in [1.165, 1.54) is 24.3 Å². The van der Waals surface area contributed by atoms with E-state index < -0.39 is 5.97 Å². The van der Waals surface area contributed by atoms with Gasteiger partial charge in [0.15, 0.2) is 5.76 Å². The number of aliphatic carboxylic acids is 1. The Bertz CT molecular complexity index is 587. The highest BCUT2D eigenvalue weighted by Crippen LogP contribution is 2.19. The Balaban J connectivity index is 2.49. The van der Waals surface area contributed by atoms with E-state index in [4.69, 9.17) is 9.52 Å². The van der Waals surface area contributed by atoms with Crippen LogP contribution in [0.5, 0.6) is 0 Å². The van der Waals surface area contributed by atoms with Crippen molar-refractivity contribution >= 4 is 16.9 Å². The number of carbonyl (C=O) groups is 1. The lowest BCUT2D eigenvalue weighted by Gasteiger charge is -1.86. The van der Waals surface area contributed by atoms with Gasteiger partial charge in [-0.3, -0.25) is 0 Å². The van der Waals surface area contributed by atoms with E-state index in [0.717, 1.165) is 0 Å². The average Bonchev–Trinajstić information content (AvgIpc) is 2.56. The molecule has 0 unspecified atom stereocenters. The second-order valence-corrected chi connectivity index (χ2v) is 2.85. The number of benzene rings is 1. The lowest BCUT2D eigenvalue weighted by molar-refractivity contribution is -0.130. The van der Waals surface area contributed by atoms with Gasteiger partial charge in [0.2, 0.25) is 0 Å². The summed E-state index contributed by atoms with van der Waals surface area (Å²) in [5.41, 5.74) is 0.478. The van der Waals surface area contributed by atoms with E-state index in [1.807, 2.05) is 5.92 Å². The van der Waals surface area contributed by atoms with Crippen LogP contribution in [0, 0.1) is 17.7 Å². The van der Waals surface area contributed by atoms with Crippen LogP contribution in [-0.2, 0) is 4.79 Å². The molecule has 74 valence electrons. The van der Waals surface area contributed by atoms with E-state index in [0.29, 0.717) is 11.0 Å². The molecule has 0 atom stereocenters. The molecule has 0 saturated carbocycles. The molecule has 1 N–H and O–H groups in total. The first kappa shape index (κ1) is 9.28. The molecule has 0 aliphatic heterocycles. The molecule has 15 heavy (non-hydrogen) atoms. The minimum absolute atomic E-state index is 0.206. The van der Waals surface area contributed by atoms with Crippen molar-refractivity contribution in [1.82, 2.24) is 0 Å². The molecule has 2 aromatic rings. The molecule has 0 fully saturated rings. The molecule has 0 radical (unpaired) electrons. The molecule has 1 aromatic heterocycles. The number of carboxylic acids is 1. The Labute approximate surface area is 84.1 Å². The van der Waals surface area contributed by atoms with Crippen LogP contribution >= 0.6 is 0 Å². The predicted octanol–water partition coefficient (Wildman–Crippen LogP) is 2.01. The molecule has 0 aliphatic carbocycles. The Hall–Kier alpha value is -2.28. The maximum absolute atomic E-state index is 12.8. The van der Waals surface area contributed by atoms with Gasteiger partial charge in [-0.05, 0) is 24.1 Å². The summed E-state index contributed by atoms with van der Waals surface area (Å²) in [7, 11) is 0. The van der Waals surface area contributed by atoms with Crippen LogP contribution in [0.25, 0.3) is 11.0 Å². The van der Waals surface area contributed by atoms with Crippen LogP contribution in [0.4, 0.5) is 4.39 Å². The fraction of sp³-hybridized carbons (Fsp3) is 0. The Morgan fingerprint density at radius 2 is 2.20 bits per heavy atom. The minimum Gasteiger partial charge on any atom is -0.472 e. The molecule has 0 aliphatic rings. The number of hydrogen-bond donors (Lipinski definition) is 1. The van der Waals surface area contributed by atoms with Gasteiger partial charge >= 0.3 is 5.97 Å². The van der Waals surface area contributed by atoms with Crippen LogP contribution in [0.2, 0.25) is 0 Å². The summed E-state index contributed by atoms with van der Waals surface area (Å²) < 4.78 is 18.0. The predicted molar refractivity (Wildman–Crippen MR) is 50.7 cm³/mol. The lowest BCUT2D eigenvalue weighted by atomic mass is 10.2. The largest absolute Gasteiger partial charge is 0.472 e. The standard InChI is InChI=1S/C11H5FO3/c12-8-1-3-10-7(5-8)6-9(15-10)2-4-11(13)14/h1,3,5-6H,(H,13,14). The van der Waals surface area contributed by atoms with Crippen LogP contribution < -0.4 is 0 Å². The molecular formula is C11H5FO3. The summed E-state index contributed by atoms with van der Waals surface area (Å²) in [6, 6.07) is 5.52. The number of rotatable bonds is 0. The molecule has 2 rings (SSSR count). The first-order chi connectivity index (χ1) is 7.15. The second-order valence-electron chi connectivity index (χ2n) is 2.85. The van der Waals surface area contributed by atoms with Gasteiger partial charge in [0.1, 0.15) is 11.4 Å². The summed E-state index contributed by atoms with van der Waals surface area (Å²) in [6.45, 7) is 0. The highest BCUT2D eigenvalue weighted by atomic mass is 19.1. The third-order valence-electron chi connectivity index (χ3n) is 1.77. The maximum Gasteiger partial charge on any atom is 0.382 e. The molecule has 1 heterocycles. The normalized spacial score (nSPS) is 9.67. The topological polar surface area (TPSA) is 50.4 Å². The first-order valence-corrected chi connectivity index (χ1v) is 4.09. The number of furan rings is 1. The SMILES string of the molecule is O=C(O)C#Cc1cc2cc(F)ccc2o1. The highest BCUT2D eigenvalue weighted by molar-refractivity contribution is 5.87. The molecule has 4 heteroatoms. The van der Waals surface area contributed by atoms with Crippen molar-refractivity contribution in [3.05, 3.63) is 35.8 Å². The Morgan fingerprint density at radius 3 is 2.93 bits per heavy atom. The van der Waals surface area contributed by atoms with Crippen LogP contribution in [0.1, 0.15) is 5.76 Å². The molecule has 0 amide bonds. The minimum atomic E-state index is -1.23. The van der Waals surface area contributed by atoms with Crippen molar-refractivity contribution in [2.24, 2.45) is 0 Å². The highest BCUT2D eigenvalue weighted by Gasteiger charge is 2.02. The van der Waals surface area contributed by atoms with Crippen molar-refractivity contribution in [1.29, 1.82) is 0 Å². The average molecular weight is 204 g/mol. The monoisotopic (exact) mass is 204 g/mol. The summed E-state index contributed by atoms with van der Waals surface area (Å²) >= 11 is 0. The fourth-order valence-corrected chi connectivity index (χ4v) is 1.19. The third-order valence-corrected chi connectivity index (χ3v) is 1.77. The van der Waals surface area contributed by atoms with Gasteiger partial charge in [-0.15, -0.1) is 0 Å². The Kier molecular flexibility index (Phi) is 2.14. The summed E-state index contributed by atoms with van der Waals surface area (Å²) in [4.78, 5) is 10.2. The van der Waals surface area contributed by atoms with E-state index in [9.17, 15) is 9.18 Å². The van der Waals surface area contributed by atoms with Crippen LogP contribution in [0.3, 0.4) is 0 Å². The number of fused-ring (bicyclic) bond motifs is 1. The zero-order chi connectivity index (χ0) is 10.8. The number of halogens is 1. The second kappa shape index (κ2) is 3.46. The zero-order valence-electron chi connectivity index (χ0n) is 7.45. The van der Waals surface area contributed by atoms with E-state index in [-0.39, 0.29) is 11.6 Å². The summed E-state index contributed by atoms with van der Waals surface area (Å²) in [6.07, 6.45) is 0. The van der Waals surface area contributed by atoms with Crippen LogP contribution in [-0.4, -0.2) is 11.1 Å². The molecule has 0 saturated heterocycles. The van der Waals surface area contributed by atoms with Gasteiger partial charge in [-0.25, -0.2) is 9.18 Å². The molecule has 1 aromatic carbocycles. The van der Waals surface area contributed by atoms with Crippen molar-refractivity contribution in [2.45, 2.75) is 0 Å². The van der Waals surface area contributed by atoms with Gasteiger partial charge in [0, 0.05) is 17.4 Å². The van der Waals surface area contributed by atoms with E-state index in [2.05, 4.69) is 5.92 Å². The van der Waals surface area contributed by atoms with Gasteiger partial charge in [-0.1, -0.05) is 0 Å². The van der Waals surface area contributed by atoms with Gasteiger partial charge < -0.3 is 9.52 Å². The van der Waals surface area contributed by atoms with Gasteiger partial charge in [0.25, 0.3) is 0 Å². The Morgan fingerprint density at radius 1 is 1.40 bits per heavy atom. The lowest BCUT2D eigenvalue weighted by Crippen LogP contribution is -1.86. The fourth-order valence-electron chi connectivity index (χ4n) is 1.19. The maximum atomic E-state index is 12.8. The smallest absolute Gasteiger partial charge is 0.382 e. The van der Waals surface area contributed by atoms with Gasteiger partial charge in [-0.2, -0.15) is 0 Å². The third kappa shape index (κ3) is 1.97. The summed E-state index contributed by atoms with van der Waals surface area (Å²) in [5, 5.41) is 8.88. The summed E-state index contributed by atoms with van der Waals surface area (Å²) in [5.74, 6) is 2.83. The van der Waals surface area contributed by atoms with Crippen LogP contribution in [0.15, 0.2) is 28.7 Å². The van der Waals surface area contributed by atoms with E-state index in [1.54, 1.807) is 0 Å². The number of hydrogen-bond acceptors (Lipinski definition) is 2. The van der Waals surface area contributed by atoms with Crippen molar-refractivity contribution in [3.8, 4) is 11.8 Å². The van der Waals surface area contributed by atoms with Crippen molar-refractivity contribution < 1.29 is 18.7 Å². The number of carboxylic acid groups (broad SMARTS) is 1. The van der Waals surface area contributed by atoms with Crippen molar-refractivity contribution in [2.75, 3.05) is 0 Å². The molecule has 0 spiro atoms. The van der Waals surface area contributed by atoms with Gasteiger partial charge in [0.05, 0.1) is 0 Å². The van der Waals surface area contributed by atoms with Crippen molar-refractivity contribution in [3.63, 3.8) is 0 Å².